The lowest BCUT2D eigenvalue weighted by atomic mass is 10.3. The van der Waals surface area contributed by atoms with Crippen LogP contribution in [0.15, 0.2) is 23.1 Å². The molecule has 0 N–H and O–H groups in total. The van der Waals surface area contributed by atoms with Gasteiger partial charge in [0.05, 0.1) is 17.1 Å². The highest BCUT2D eigenvalue weighted by Crippen LogP contribution is 2.18. The first-order valence-electron chi connectivity index (χ1n) is 3.79. The quantitative estimate of drug-likeness (QED) is 0.721. The second-order valence-corrected chi connectivity index (χ2v) is 3.44. The van der Waals surface area contributed by atoms with Gasteiger partial charge in [-0.3, -0.25) is 0 Å². The van der Waals surface area contributed by atoms with Crippen LogP contribution in [-0.4, -0.2) is 27.7 Å². The van der Waals surface area contributed by atoms with Crippen molar-refractivity contribution in [3.05, 3.63) is 28.6 Å². The minimum atomic E-state index is -0.401. The molecule has 72 valence electrons. The van der Waals surface area contributed by atoms with Gasteiger partial charge in [0.2, 0.25) is 0 Å². The van der Waals surface area contributed by atoms with Crippen molar-refractivity contribution < 1.29 is 9.53 Å². The van der Waals surface area contributed by atoms with Gasteiger partial charge in [-0.2, -0.15) is 5.10 Å². The molecule has 0 spiro atoms. The van der Waals surface area contributed by atoms with Gasteiger partial charge in [-0.05, 0) is 22.0 Å². The van der Waals surface area contributed by atoms with Gasteiger partial charge in [0.1, 0.15) is 6.33 Å². The van der Waals surface area contributed by atoms with Crippen molar-refractivity contribution >= 4 is 27.5 Å². The van der Waals surface area contributed by atoms with E-state index in [-0.39, 0.29) is 0 Å². The molecule has 2 heterocycles. The Balaban J connectivity index is 2.64. The summed E-state index contributed by atoms with van der Waals surface area (Å²) < 4.78 is 6.81. The molecule has 0 aliphatic carbocycles. The van der Waals surface area contributed by atoms with Crippen LogP contribution in [0.25, 0.3) is 5.65 Å². The van der Waals surface area contributed by atoms with Crippen molar-refractivity contribution in [1.29, 1.82) is 0 Å². The molecule has 0 saturated heterocycles. The summed E-state index contributed by atoms with van der Waals surface area (Å²) in [5.74, 6) is -0.401. The molecule has 0 atom stereocenters. The second-order valence-electron chi connectivity index (χ2n) is 2.59. The molecule has 0 radical (unpaired) electrons. The number of halogens is 1. The molecular formula is C8H6BrN3O2. The van der Waals surface area contributed by atoms with E-state index < -0.39 is 5.97 Å². The monoisotopic (exact) mass is 255 g/mol. The summed E-state index contributed by atoms with van der Waals surface area (Å²) in [6, 6.07) is 1.61. The summed E-state index contributed by atoms with van der Waals surface area (Å²) in [5.41, 5.74) is 1.04. The number of rotatable bonds is 1. The average Bonchev–Trinajstić information content (AvgIpc) is 2.62. The van der Waals surface area contributed by atoms with Crippen molar-refractivity contribution in [3.8, 4) is 0 Å². The van der Waals surface area contributed by atoms with Crippen molar-refractivity contribution in [2.45, 2.75) is 0 Å². The summed E-state index contributed by atoms with van der Waals surface area (Å²) in [4.78, 5) is 15.3. The number of aromatic nitrogens is 3. The molecule has 0 saturated carbocycles. The molecule has 0 unspecified atom stereocenters. The number of ether oxygens (including phenoxy) is 1. The Bertz CT molecular complexity index is 494. The van der Waals surface area contributed by atoms with Crippen LogP contribution in [-0.2, 0) is 4.74 Å². The molecule has 6 heteroatoms. The minimum Gasteiger partial charge on any atom is -0.465 e. The maximum absolute atomic E-state index is 11.3. The lowest BCUT2D eigenvalue weighted by Crippen LogP contribution is -2.03. The predicted molar refractivity (Wildman–Crippen MR) is 52.0 cm³/mol. The van der Waals surface area contributed by atoms with E-state index in [1.54, 1.807) is 16.8 Å². The first-order chi connectivity index (χ1) is 6.72. The number of carbonyl (C=O) groups is 1. The van der Waals surface area contributed by atoms with Gasteiger partial charge in [0.25, 0.3) is 0 Å². The van der Waals surface area contributed by atoms with Crippen molar-refractivity contribution in [2.75, 3.05) is 7.11 Å². The van der Waals surface area contributed by atoms with Crippen LogP contribution < -0.4 is 0 Å². The Kier molecular flexibility index (Phi) is 2.20. The van der Waals surface area contributed by atoms with E-state index in [9.17, 15) is 4.79 Å². The minimum absolute atomic E-state index is 0.401. The van der Waals surface area contributed by atoms with E-state index in [0.717, 1.165) is 0 Å². The summed E-state index contributed by atoms with van der Waals surface area (Å²) in [6.45, 7) is 0. The fourth-order valence-electron chi connectivity index (χ4n) is 1.10. The number of methoxy groups -OCH3 is 1. The lowest BCUT2D eigenvalue weighted by molar-refractivity contribution is 0.0599. The number of carbonyl (C=O) groups excluding carboxylic acids is 1. The Morgan fingerprint density at radius 3 is 3.14 bits per heavy atom. The second kappa shape index (κ2) is 3.38. The largest absolute Gasteiger partial charge is 0.465 e. The van der Waals surface area contributed by atoms with Crippen LogP contribution in [0.5, 0.6) is 0 Å². The molecule has 0 aromatic carbocycles. The van der Waals surface area contributed by atoms with Crippen LogP contribution in [0.3, 0.4) is 0 Å². The van der Waals surface area contributed by atoms with Crippen LogP contribution in [0.2, 0.25) is 0 Å². The Morgan fingerprint density at radius 1 is 1.64 bits per heavy atom. The van der Waals surface area contributed by atoms with Gasteiger partial charge in [-0.25, -0.2) is 14.3 Å². The molecule has 2 rings (SSSR count). The maximum atomic E-state index is 11.3. The number of fused-ring (bicyclic) bond motifs is 1. The smallest absolute Gasteiger partial charge is 0.339 e. The molecule has 2 aromatic heterocycles. The molecule has 14 heavy (non-hydrogen) atoms. The van der Waals surface area contributed by atoms with E-state index in [4.69, 9.17) is 0 Å². The molecule has 0 aliphatic heterocycles. The van der Waals surface area contributed by atoms with E-state index in [0.29, 0.717) is 15.7 Å². The highest BCUT2D eigenvalue weighted by Gasteiger charge is 2.12. The number of pyridine rings is 1. The fraction of sp³-hybridized carbons (Fsp3) is 0.125. The normalized spacial score (nSPS) is 10.4. The first kappa shape index (κ1) is 9.14. The molecule has 5 nitrogen and oxygen atoms in total. The SMILES string of the molecule is COC(=O)c1cc2ncnn2cc1Br. The molecule has 0 fully saturated rings. The van der Waals surface area contributed by atoms with Gasteiger partial charge >= 0.3 is 5.97 Å². The summed E-state index contributed by atoms with van der Waals surface area (Å²) in [6.07, 6.45) is 3.08. The van der Waals surface area contributed by atoms with E-state index >= 15 is 0 Å². The third kappa shape index (κ3) is 1.37. The molecule has 2 aromatic rings. The van der Waals surface area contributed by atoms with Crippen molar-refractivity contribution in [2.24, 2.45) is 0 Å². The van der Waals surface area contributed by atoms with Crippen LogP contribution in [0.1, 0.15) is 10.4 Å². The standard InChI is InChI=1S/C8H6BrN3O2/c1-14-8(13)5-2-7-10-4-11-12(7)3-6(5)9/h2-4H,1H3. The molecule has 0 amide bonds. The zero-order chi connectivity index (χ0) is 10.1. The van der Waals surface area contributed by atoms with Gasteiger partial charge < -0.3 is 4.74 Å². The lowest BCUT2D eigenvalue weighted by Gasteiger charge is -2.01. The summed E-state index contributed by atoms with van der Waals surface area (Å²) in [5, 5.41) is 3.93. The van der Waals surface area contributed by atoms with Gasteiger partial charge in [0.15, 0.2) is 5.65 Å². The number of hydrogen-bond acceptors (Lipinski definition) is 4. The third-order valence-corrected chi connectivity index (χ3v) is 2.40. The van der Waals surface area contributed by atoms with Gasteiger partial charge in [-0.1, -0.05) is 0 Å². The first-order valence-corrected chi connectivity index (χ1v) is 4.59. The Labute approximate surface area is 87.8 Å². The van der Waals surface area contributed by atoms with Crippen LogP contribution in [0.4, 0.5) is 0 Å². The average molecular weight is 256 g/mol. The van der Waals surface area contributed by atoms with Gasteiger partial charge in [-0.15, -0.1) is 0 Å². The van der Waals surface area contributed by atoms with Crippen molar-refractivity contribution in [3.63, 3.8) is 0 Å². The topological polar surface area (TPSA) is 56.5 Å². The summed E-state index contributed by atoms with van der Waals surface area (Å²) in [7, 11) is 1.34. The zero-order valence-corrected chi connectivity index (χ0v) is 8.85. The molecular weight excluding hydrogens is 250 g/mol. The fourth-order valence-corrected chi connectivity index (χ4v) is 1.57. The Hall–Kier alpha value is -1.43. The van der Waals surface area contributed by atoms with E-state index in [1.165, 1.54) is 13.4 Å². The van der Waals surface area contributed by atoms with Crippen LogP contribution in [0, 0.1) is 0 Å². The highest BCUT2D eigenvalue weighted by molar-refractivity contribution is 9.10. The zero-order valence-electron chi connectivity index (χ0n) is 7.27. The number of nitrogens with zero attached hydrogens (tertiary/aromatic N) is 3. The van der Waals surface area contributed by atoms with Gasteiger partial charge in [0, 0.05) is 6.20 Å². The summed E-state index contributed by atoms with van der Waals surface area (Å²) >= 11 is 3.25. The Morgan fingerprint density at radius 2 is 2.43 bits per heavy atom. The van der Waals surface area contributed by atoms with Crippen molar-refractivity contribution in [1.82, 2.24) is 14.6 Å². The highest BCUT2D eigenvalue weighted by atomic mass is 79.9. The predicted octanol–water partition coefficient (Wildman–Crippen LogP) is 1.28. The van der Waals surface area contributed by atoms with E-state index in [2.05, 4.69) is 30.7 Å². The molecule has 0 aliphatic rings. The maximum Gasteiger partial charge on any atom is 0.339 e. The number of hydrogen-bond donors (Lipinski definition) is 0. The van der Waals surface area contributed by atoms with E-state index in [1.807, 2.05) is 0 Å². The third-order valence-electron chi connectivity index (χ3n) is 1.77. The number of esters is 1. The van der Waals surface area contributed by atoms with Crippen LogP contribution >= 0.6 is 15.9 Å². The molecule has 0 bridgehead atoms.